The van der Waals surface area contributed by atoms with Crippen molar-refractivity contribution in [2.75, 3.05) is 13.1 Å². The van der Waals surface area contributed by atoms with Gasteiger partial charge in [-0.3, -0.25) is 4.90 Å². The van der Waals surface area contributed by atoms with Crippen molar-refractivity contribution in [2.24, 2.45) is 0 Å². The Hall–Kier alpha value is 0.100. The largest absolute Gasteiger partial charge is 0.310 e. The molecule has 1 saturated heterocycles. The summed E-state index contributed by atoms with van der Waals surface area (Å²) in [5, 5.41) is 6.05. The quantitative estimate of drug-likeness (QED) is 0.873. The highest BCUT2D eigenvalue weighted by molar-refractivity contribution is 9.10. The Balaban J connectivity index is 1.75. The molecule has 3 rings (SSSR count). The first-order chi connectivity index (χ1) is 9.19. The van der Waals surface area contributed by atoms with Crippen molar-refractivity contribution < 1.29 is 0 Å². The van der Waals surface area contributed by atoms with Crippen LogP contribution in [0.1, 0.15) is 43.9 Å². The zero-order valence-corrected chi connectivity index (χ0v) is 14.0. The van der Waals surface area contributed by atoms with Crippen molar-refractivity contribution in [1.29, 1.82) is 0 Å². The van der Waals surface area contributed by atoms with E-state index in [1.54, 1.807) is 0 Å². The predicted octanol–water partition coefficient (Wildman–Crippen LogP) is 4.01. The molecule has 1 unspecified atom stereocenters. The maximum atomic E-state index is 3.86. The Labute approximate surface area is 128 Å². The van der Waals surface area contributed by atoms with E-state index in [2.05, 4.69) is 44.5 Å². The monoisotopic (exact) mass is 342 g/mol. The standard InChI is InChI=1S/C15H23BrN2S/c1-12-4-8-17-15(6-2-3-7-15)11-18(12)10-14-13(16)5-9-19-14/h5,9,12,17H,2-4,6-8,10-11H2,1H3. The van der Waals surface area contributed by atoms with E-state index in [4.69, 9.17) is 0 Å². The highest BCUT2D eigenvalue weighted by Crippen LogP contribution is 2.34. The molecule has 1 aliphatic carbocycles. The van der Waals surface area contributed by atoms with Crippen LogP contribution in [0.15, 0.2) is 15.9 Å². The second kappa shape index (κ2) is 5.84. The maximum absolute atomic E-state index is 3.86. The summed E-state index contributed by atoms with van der Waals surface area (Å²) in [6.45, 7) is 5.89. The normalized spacial score (nSPS) is 27.8. The average Bonchev–Trinajstić information content (AvgIpc) is 2.95. The summed E-state index contributed by atoms with van der Waals surface area (Å²) in [7, 11) is 0. The molecule has 2 fully saturated rings. The van der Waals surface area contributed by atoms with Crippen LogP contribution < -0.4 is 5.32 Å². The van der Waals surface area contributed by atoms with Gasteiger partial charge in [-0.2, -0.15) is 0 Å². The minimum Gasteiger partial charge on any atom is -0.310 e. The van der Waals surface area contributed by atoms with Gasteiger partial charge in [-0.1, -0.05) is 12.8 Å². The molecule has 1 atom stereocenters. The molecule has 0 radical (unpaired) electrons. The van der Waals surface area contributed by atoms with Gasteiger partial charge < -0.3 is 5.32 Å². The predicted molar refractivity (Wildman–Crippen MR) is 85.7 cm³/mol. The molecule has 19 heavy (non-hydrogen) atoms. The third-order valence-corrected chi connectivity index (χ3v) is 6.70. The first kappa shape index (κ1) is 14.1. The molecular weight excluding hydrogens is 320 g/mol. The van der Waals surface area contributed by atoms with Crippen LogP contribution >= 0.6 is 27.3 Å². The van der Waals surface area contributed by atoms with E-state index >= 15 is 0 Å². The lowest BCUT2D eigenvalue weighted by atomic mass is 9.97. The van der Waals surface area contributed by atoms with Crippen LogP contribution in [0.3, 0.4) is 0 Å². The molecule has 1 N–H and O–H groups in total. The minimum absolute atomic E-state index is 0.411. The molecule has 2 aliphatic rings. The summed E-state index contributed by atoms with van der Waals surface area (Å²) in [4.78, 5) is 4.17. The van der Waals surface area contributed by atoms with E-state index in [1.165, 1.54) is 54.5 Å². The second-order valence-corrected chi connectivity index (χ2v) is 8.00. The smallest absolute Gasteiger partial charge is 0.0342 e. The third kappa shape index (κ3) is 3.07. The average molecular weight is 343 g/mol. The number of halogens is 1. The topological polar surface area (TPSA) is 15.3 Å². The van der Waals surface area contributed by atoms with Crippen molar-refractivity contribution in [2.45, 2.75) is 57.2 Å². The number of rotatable bonds is 2. The van der Waals surface area contributed by atoms with Gasteiger partial charge in [0.05, 0.1) is 0 Å². The third-order valence-electron chi connectivity index (χ3n) is 4.79. The zero-order chi connectivity index (χ0) is 13.3. The first-order valence-electron chi connectivity index (χ1n) is 7.39. The summed E-state index contributed by atoms with van der Waals surface area (Å²) < 4.78 is 1.28. The molecule has 0 amide bonds. The summed E-state index contributed by atoms with van der Waals surface area (Å²) in [5.74, 6) is 0. The highest BCUT2D eigenvalue weighted by Gasteiger charge is 2.38. The van der Waals surface area contributed by atoms with E-state index in [0.717, 1.165) is 6.54 Å². The molecule has 1 aromatic heterocycles. The molecule has 106 valence electrons. The number of thiophene rings is 1. The van der Waals surface area contributed by atoms with E-state index in [9.17, 15) is 0 Å². The number of nitrogens with one attached hydrogen (secondary N) is 1. The lowest BCUT2D eigenvalue weighted by Gasteiger charge is -2.35. The van der Waals surface area contributed by atoms with Gasteiger partial charge in [-0.25, -0.2) is 0 Å². The van der Waals surface area contributed by atoms with Gasteiger partial charge >= 0.3 is 0 Å². The van der Waals surface area contributed by atoms with E-state index < -0.39 is 0 Å². The summed E-state index contributed by atoms with van der Waals surface area (Å²) in [5.41, 5.74) is 0.411. The van der Waals surface area contributed by atoms with Crippen molar-refractivity contribution in [1.82, 2.24) is 10.2 Å². The molecule has 2 nitrogen and oxygen atoms in total. The lowest BCUT2D eigenvalue weighted by Crippen LogP contribution is -2.49. The fourth-order valence-corrected chi connectivity index (χ4v) is 5.05. The van der Waals surface area contributed by atoms with Gasteiger partial charge in [0.2, 0.25) is 0 Å². The van der Waals surface area contributed by atoms with E-state index in [1.807, 2.05) is 11.3 Å². The van der Waals surface area contributed by atoms with Gasteiger partial charge in [-0.15, -0.1) is 11.3 Å². The van der Waals surface area contributed by atoms with Crippen LogP contribution in [0.2, 0.25) is 0 Å². The van der Waals surface area contributed by atoms with Crippen molar-refractivity contribution in [3.05, 3.63) is 20.8 Å². The van der Waals surface area contributed by atoms with E-state index in [-0.39, 0.29) is 0 Å². The lowest BCUT2D eigenvalue weighted by molar-refractivity contribution is 0.161. The molecular formula is C15H23BrN2S. The Morgan fingerprint density at radius 3 is 2.95 bits per heavy atom. The van der Waals surface area contributed by atoms with E-state index in [0.29, 0.717) is 11.6 Å². The Morgan fingerprint density at radius 2 is 2.26 bits per heavy atom. The van der Waals surface area contributed by atoms with Crippen LogP contribution in [-0.2, 0) is 6.54 Å². The summed E-state index contributed by atoms with van der Waals surface area (Å²) >= 11 is 5.55. The molecule has 1 saturated carbocycles. The van der Waals surface area contributed by atoms with Gasteiger partial charge in [-0.05, 0) is 60.1 Å². The van der Waals surface area contributed by atoms with Crippen LogP contribution in [0.5, 0.6) is 0 Å². The fourth-order valence-electron chi connectivity index (χ4n) is 3.55. The number of hydrogen-bond donors (Lipinski definition) is 1. The van der Waals surface area contributed by atoms with Crippen LogP contribution in [0.4, 0.5) is 0 Å². The van der Waals surface area contributed by atoms with Gasteiger partial charge in [0, 0.05) is 34.0 Å². The second-order valence-electron chi connectivity index (χ2n) is 6.15. The fraction of sp³-hybridized carbons (Fsp3) is 0.733. The van der Waals surface area contributed by atoms with Gasteiger partial charge in [0.25, 0.3) is 0 Å². The minimum atomic E-state index is 0.411. The SMILES string of the molecule is CC1CCNC2(CCCC2)CN1Cc1sccc1Br. The molecule has 1 aliphatic heterocycles. The van der Waals surface area contributed by atoms with Gasteiger partial charge in [0.1, 0.15) is 0 Å². The van der Waals surface area contributed by atoms with Crippen LogP contribution in [0.25, 0.3) is 0 Å². The number of nitrogens with zero attached hydrogens (tertiary/aromatic N) is 1. The summed E-state index contributed by atoms with van der Waals surface area (Å²) in [6, 6.07) is 2.85. The molecule has 2 heterocycles. The van der Waals surface area contributed by atoms with Crippen molar-refractivity contribution >= 4 is 27.3 Å². The van der Waals surface area contributed by atoms with Crippen molar-refractivity contribution in [3.63, 3.8) is 0 Å². The molecule has 0 bridgehead atoms. The molecule has 0 aromatic carbocycles. The Bertz CT molecular complexity index is 426. The first-order valence-corrected chi connectivity index (χ1v) is 9.07. The maximum Gasteiger partial charge on any atom is 0.0342 e. The Kier molecular flexibility index (Phi) is 4.32. The molecule has 1 aromatic rings. The van der Waals surface area contributed by atoms with Crippen molar-refractivity contribution in [3.8, 4) is 0 Å². The van der Waals surface area contributed by atoms with Gasteiger partial charge in [0.15, 0.2) is 0 Å². The van der Waals surface area contributed by atoms with Crippen LogP contribution in [0, 0.1) is 0 Å². The molecule has 4 heteroatoms. The van der Waals surface area contributed by atoms with Crippen LogP contribution in [-0.4, -0.2) is 29.6 Å². The highest BCUT2D eigenvalue weighted by atomic mass is 79.9. The number of hydrogen-bond acceptors (Lipinski definition) is 3. The Morgan fingerprint density at radius 1 is 1.47 bits per heavy atom. The zero-order valence-electron chi connectivity index (χ0n) is 11.6. The summed E-state index contributed by atoms with van der Waals surface area (Å²) in [6.07, 6.45) is 6.80. The molecule has 1 spiro atoms.